The predicted octanol–water partition coefficient (Wildman–Crippen LogP) is 4.00. The molecular weight excluding hydrogens is 332 g/mol. The molecule has 0 saturated heterocycles. The molecule has 3 aromatic rings. The summed E-state index contributed by atoms with van der Waals surface area (Å²) >= 11 is 1.39. The lowest BCUT2D eigenvalue weighted by molar-refractivity contribution is -0.115. The number of carbonyl (C=O) groups is 1. The summed E-state index contributed by atoms with van der Waals surface area (Å²) in [6.07, 6.45) is 0. The van der Waals surface area contributed by atoms with E-state index in [4.69, 9.17) is 0 Å². The topological polar surface area (TPSA) is 59.8 Å². The van der Waals surface area contributed by atoms with Crippen LogP contribution in [0.25, 0.3) is 5.69 Å². The van der Waals surface area contributed by atoms with Crippen molar-refractivity contribution in [1.82, 2.24) is 14.8 Å². The Hall–Kier alpha value is -2.60. The zero-order chi connectivity index (χ0) is 17.8. The van der Waals surface area contributed by atoms with Crippen molar-refractivity contribution in [2.75, 3.05) is 5.32 Å². The number of hydrogen-bond donors (Lipinski definition) is 1. The van der Waals surface area contributed by atoms with Crippen LogP contribution in [-0.2, 0) is 4.79 Å². The first kappa shape index (κ1) is 17.2. The number of rotatable bonds is 5. The minimum Gasteiger partial charge on any atom is -0.325 e. The number of nitrogens with one attached hydrogen (secondary N) is 1. The fourth-order valence-corrected chi connectivity index (χ4v) is 3.30. The number of nitrogens with zero attached hydrogens (tertiary/aromatic N) is 3. The van der Waals surface area contributed by atoms with Gasteiger partial charge in [-0.05, 0) is 45.0 Å². The van der Waals surface area contributed by atoms with Gasteiger partial charge in [0, 0.05) is 11.4 Å². The molecular formula is C19H20N4OS. The number of para-hydroxylation sites is 1. The van der Waals surface area contributed by atoms with Gasteiger partial charge in [-0.1, -0.05) is 47.7 Å². The van der Waals surface area contributed by atoms with E-state index in [-0.39, 0.29) is 11.2 Å². The van der Waals surface area contributed by atoms with E-state index in [2.05, 4.69) is 34.6 Å². The number of hydrogen-bond acceptors (Lipinski definition) is 4. The highest BCUT2D eigenvalue weighted by Crippen LogP contribution is 2.26. The summed E-state index contributed by atoms with van der Waals surface area (Å²) in [5.41, 5.74) is 2.97. The Morgan fingerprint density at radius 1 is 1.04 bits per heavy atom. The van der Waals surface area contributed by atoms with E-state index in [1.54, 1.807) is 0 Å². The smallest absolute Gasteiger partial charge is 0.237 e. The van der Waals surface area contributed by atoms with Gasteiger partial charge in [0.1, 0.15) is 5.82 Å². The molecule has 1 aromatic heterocycles. The molecule has 0 aliphatic carbocycles. The highest BCUT2D eigenvalue weighted by atomic mass is 32.2. The van der Waals surface area contributed by atoms with E-state index in [0.29, 0.717) is 5.16 Å². The van der Waals surface area contributed by atoms with Crippen molar-refractivity contribution in [2.45, 2.75) is 31.2 Å². The largest absolute Gasteiger partial charge is 0.325 e. The van der Waals surface area contributed by atoms with Gasteiger partial charge < -0.3 is 5.32 Å². The maximum absolute atomic E-state index is 12.4. The number of thioether (sulfide) groups is 1. The molecule has 0 radical (unpaired) electrons. The van der Waals surface area contributed by atoms with Crippen LogP contribution in [0.2, 0.25) is 0 Å². The maximum Gasteiger partial charge on any atom is 0.237 e. The molecule has 128 valence electrons. The second kappa shape index (κ2) is 7.53. The third-order valence-electron chi connectivity index (χ3n) is 3.78. The van der Waals surface area contributed by atoms with Crippen LogP contribution < -0.4 is 5.32 Å². The van der Waals surface area contributed by atoms with Gasteiger partial charge in [-0.15, -0.1) is 10.2 Å². The number of aromatic nitrogens is 3. The average molecular weight is 352 g/mol. The van der Waals surface area contributed by atoms with E-state index in [9.17, 15) is 4.79 Å². The second-order valence-corrected chi connectivity index (χ2v) is 7.12. The molecule has 1 N–H and O–H groups in total. The summed E-state index contributed by atoms with van der Waals surface area (Å²) < 4.78 is 1.97. The third kappa shape index (κ3) is 4.09. The summed E-state index contributed by atoms with van der Waals surface area (Å²) in [5, 5.41) is 11.7. The lowest BCUT2D eigenvalue weighted by Gasteiger charge is -2.13. The summed E-state index contributed by atoms with van der Waals surface area (Å²) in [5.74, 6) is 0.731. The van der Waals surface area contributed by atoms with Gasteiger partial charge in [-0.25, -0.2) is 0 Å². The Kier molecular flexibility index (Phi) is 5.19. The van der Waals surface area contributed by atoms with E-state index in [1.807, 2.05) is 60.9 Å². The van der Waals surface area contributed by atoms with Crippen LogP contribution in [0.4, 0.5) is 5.69 Å². The Morgan fingerprint density at radius 3 is 2.40 bits per heavy atom. The van der Waals surface area contributed by atoms with E-state index in [0.717, 1.165) is 17.2 Å². The fraction of sp³-hybridized carbons (Fsp3) is 0.211. The van der Waals surface area contributed by atoms with Crippen LogP contribution in [0.1, 0.15) is 18.3 Å². The second-order valence-electron chi connectivity index (χ2n) is 5.82. The monoisotopic (exact) mass is 352 g/mol. The first-order valence-electron chi connectivity index (χ1n) is 8.06. The van der Waals surface area contributed by atoms with Crippen molar-refractivity contribution in [1.29, 1.82) is 0 Å². The Bertz CT molecular complexity index is 859. The molecule has 2 aromatic carbocycles. The molecule has 3 rings (SSSR count). The van der Waals surface area contributed by atoms with E-state index in [1.165, 1.54) is 17.3 Å². The van der Waals surface area contributed by atoms with Crippen molar-refractivity contribution in [2.24, 2.45) is 0 Å². The molecule has 0 fully saturated rings. The number of benzene rings is 2. The Balaban J connectivity index is 1.77. The summed E-state index contributed by atoms with van der Waals surface area (Å²) in [6, 6.07) is 17.6. The molecule has 5 nitrogen and oxygen atoms in total. The SMILES string of the molecule is Cc1ccc(-n2c(C)nnc2S[C@H](C)C(=O)Nc2ccccc2)cc1. The van der Waals surface area contributed by atoms with Gasteiger partial charge in [0.2, 0.25) is 5.91 Å². The highest BCUT2D eigenvalue weighted by molar-refractivity contribution is 8.00. The van der Waals surface area contributed by atoms with Gasteiger partial charge in [-0.2, -0.15) is 0 Å². The van der Waals surface area contributed by atoms with Gasteiger partial charge in [-0.3, -0.25) is 9.36 Å². The number of amides is 1. The van der Waals surface area contributed by atoms with Crippen molar-refractivity contribution in [3.8, 4) is 5.69 Å². The molecule has 1 amide bonds. The molecule has 6 heteroatoms. The fourth-order valence-electron chi connectivity index (χ4n) is 2.39. The molecule has 0 saturated carbocycles. The summed E-state index contributed by atoms with van der Waals surface area (Å²) in [7, 11) is 0. The first-order valence-corrected chi connectivity index (χ1v) is 8.94. The van der Waals surface area contributed by atoms with Crippen molar-refractivity contribution in [3.63, 3.8) is 0 Å². The molecule has 0 spiro atoms. The van der Waals surface area contributed by atoms with Gasteiger partial charge in [0.15, 0.2) is 5.16 Å². The Morgan fingerprint density at radius 2 is 1.72 bits per heavy atom. The minimum absolute atomic E-state index is 0.0627. The van der Waals surface area contributed by atoms with E-state index < -0.39 is 0 Å². The molecule has 0 aliphatic rings. The van der Waals surface area contributed by atoms with Crippen molar-refractivity contribution < 1.29 is 4.79 Å². The van der Waals surface area contributed by atoms with Crippen LogP contribution in [0.3, 0.4) is 0 Å². The maximum atomic E-state index is 12.4. The minimum atomic E-state index is -0.298. The van der Waals surface area contributed by atoms with Crippen LogP contribution in [0.5, 0.6) is 0 Å². The molecule has 1 heterocycles. The van der Waals surface area contributed by atoms with Gasteiger partial charge >= 0.3 is 0 Å². The Labute approximate surface area is 151 Å². The molecule has 0 unspecified atom stereocenters. The van der Waals surface area contributed by atoms with Crippen LogP contribution >= 0.6 is 11.8 Å². The third-order valence-corrected chi connectivity index (χ3v) is 4.82. The van der Waals surface area contributed by atoms with Crippen molar-refractivity contribution >= 4 is 23.4 Å². The lowest BCUT2D eigenvalue weighted by atomic mass is 10.2. The normalized spacial score (nSPS) is 12.0. The van der Waals surface area contributed by atoms with Gasteiger partial charge in [0.25, 0.3) is 0 Å². The zero-order valence-corrected chi connectivity index (χ0v) is 15.2. The van der Waals surface area contributed by atoms with Crippen LogP contribution in [0.15, 0.2) is 59.8 Å². The molecule has 0 aliphatic heterocycles. The highest BCUT2D eigenvalue weighted by Gasteiger charge is 2.20. The summed E-state index contributed by atoms with van der Waals surface area (Å²) in [4.78, 5) is 12.4. The molecule has 1 atom stereocenters. The summed E-state index contributed by atoms with van der Waals surface area (Å²) in [6.45, 7) is 5.83. The number of anilines is 1. The molecule has 25 heavy (non-hydrogen) atoms. The zero-order valence-electron chi connectivity index (χ0n) is 14.4. The lowest BCUT2D eigenvalue weighted by Crippen LogP contribution is -2.22. The van der Waals surface area contributed by atoms with Gasteiger partial charge in [0.05, 0.1) is 5.25 Å². The average Bonchev–Trinajstić information content (AvgIpc) is 2.97. The molecule has 0 bridgehead atoms. The number of aryl methyl sites for hydroxylation is 2. The standard InChI is InChI=1S/C19H20N4OS/c1-13-9-11-17(12-10-13)23-15(3)21-22-19(23)25-14(2)18(24)20-16-7-5-4-6-8-16/h4-12,14H,1-3H3,(H,20,24)/t14-/m1/s1. The van der Waals surface area contributed by atoms with Crippen molar-refractivity contribution in [3.05, 3.63) is 66.0 Å². The van der Waals surface area contributed by atoms with E-state index >= 15 is 0 Å². The predicted molar refractivity (Wildman–Crippen MR) is 101 cm³/mol. The van der Waals surface area contributed by atoms with Crippen LogP contribution in [-0.4, -0.2) is 25.9 Å². The quantitative estimate of drug-likeness (QED) is 0.705. The number of carbonyl (C=O) groups excluding carboxylic acids is 1. The van der Waals surface area contributed by atoms with Crippen LogP contribution in [0, 0.1) is 13.8 Å². The first-order chi connectivity index (χ1) is 12.0.